The molecule has 9 heteroatoms. The van der Waals surface area contributed by atoms with Gasteiger partial charge in [-0.1, -0.05) is 66.7 Å². The number of carboxylic acids is 1. The number of carboxylic acid groups (broad SMARTS) is 1. The third-order valence-electron chi connectivity index (χ3n) is 8.16. The lowest BCUT2D eigenvalue weighted by atomic mass is 9.76. The molecule has 0 saturated carbocycles. The van der Waals surface area contributed by atoms with Crippen LogP contribution in [0.5, 0.6) is 5.75 Å². The van der Waals surface area contributed by atoms with Gasteiger partial charge in [-0.05, 0) is 61.5 Å². The highest BCUT2D eigenvalue weighted by Crippen LogP contribution is 2.44. The largest absolute Gasteiger partial charge is 0.495 e. The number of fused-ring (bicyclic) bond motifs is 3. The monoisotopic (exact) mass is 555 g/mol. The van der Waals surface area contributed by atoms with Gasteiger partial charge in [-0.2, -0.15) is 0 Å². The van der Waals surface area contributed by atoms with Crippen molar-refractivity contribution in [3.05, 3.63) is 94.5 Å². The Balaban J connectivity index is 1.35. The van der Waals surface area contributed by atoms with Crippen LogP contribution in [0.15, 0.2) is 72.2 Å². The molecule has 0 atom stereocenters. The number of rotatable bonds is 8. The normalized spacial score (nSPS) is 17.1. The minimum Gasteiger partial charge on any atom is -0.495 e. The number of carbonyl (C=O) groups is 2. The molecule has 0 spiro atoms. The molecule has 8 nitrogen and oxygen atoms in total. The second-order valence-electron chi connectivity index (χ2n) is 11.2. The highest BCUT2D eigenvalue weighted by molar-refractivity contribution is 6.56. The first kappa shape index (κ1) is 28.5. The summed E-state index contributed by atoms with van der Waals surface area (Å²) in [5, 5.41) is 12.5. The Morgan fingerprint density at radius 2 is 1.51 bits per heavy atom. The lowest BCUT2D eigenvalue weighted by Gasteiger charge is -2.32. The molecule has 1 heterocycles. The zero-order chi connectivity index (χ0) is 29.4. The van der Waals surface area contributed by atoms with Crippen molar-refractivity contribution in [1.82, 2.24) is 5.32 Å². The molecule has 212 valence electrons. The number of hydrogen-bond acceptors (Lipinski definition) is 6. The fraction of sp³-hybridized carbons (Fsp3) is 0.312. The van der Waals surface area contributed by atoms with Gasteiger partial charge in [0.25, 0.3) is 0 Å². The van der Waals surface area contributed by atoms with Gasteiger partial charge in [0.1, 0.15) is 17.9 Å². The summed E-state index contributed by atoms with van der Waals surface area (Å²) in [7, 11) is 0.634. The van der Waals surface area contributed by atoms with Crippen molar-refractivity contribution >= 4 is 25.3 Å². The minimum atomic E-state index is -1.11. The summed E-state index contributed by atoms with van der Waals surface area (Å²) in [5.41, 5.74) is 4.46. The third kappa shape index (κ3) is 5.47. The van der Waals surface area contributed by atoms with Crippen LogP contribution in [0.2, 0.25) is 0 Å². The molecule has 3 aromatic rings. The van der Waals surface area contributed by atoms with E-state index in [-0.39, 0.29) is 30.4 Å². The number of carbonyl (C=O) groups excluding carboxylic acids is 1. The third-order valence-corrected chi connectivity index (χ3v) is 8.16. The number of benzene rings is 3. The van der Waals surface area contributed by atoms with E-state index in [9.17, 15) is 14.7 Å². The summed E-state index contributed by atoms with van der Waals surface area (Å²) >= 11 is 0. The van der Waals surface area contributed by atoms with Crippen molar-refractivity contribution < 1.29 is 33.5 Å². The van der Waals surface area contributed by atoms with Gasteiger partial charge in [0.2, 0.25) is 0 Å². The number of nitrogens with one attached hydrogen (secondary N) is 1. The Morgan fingerprint density at radius 1 is 0.927 bits per heavy atom. The number of para-hydroxylation sites is 1. The smallest absolute Gasteiger partial charge is 0.492 e. The quantitative estimate of drug-likeness (QED) is 0.331. The lowest BCUT2D eigenvalue weighted by Crippen LogP contribution is -2.41. The van der Waals surface area contributed by atoms with Crippen molar-refractivity contribution in [2.24, 2.45) is 0 Å². The van der Waals surface area contributed by atoms with E-state index in [1.54, 1.807) is 18.2 Å². The van der Waals surface area contributed by atoms with Crippen molar-refractivity contribution in [2.75, 3.05) is 20.3 Å². The maximum atomic E-state index is 13.0. The van der Waals surface area contributed by atoms with E-state index in [1.807, 2.05) is 52.0 Å². The first-order valence-electron chi connectivity index (χ1n) is 13.6. The van der Waals surface area contributed by atoms with Crippen LogP contribution in [0, 0.1) is 0 Å². The van der Waals surface area contributed by atoms with Crippen LogP contribution < -0.4 is 10.1 Å². The summed E-state index contributed by atoms with van der Waals surface area (Å²) in [6, 6.07) is 21.2. The van der Waals surface area contributed by atoms with Gasteiger partial charge in [-0.15, -0.1) is 0 Å². The van der Waals surface area contributed by atoms with Crippen molar-refractivity contribution in [2.45, 2.75) is 44.8 Å². The molecule has 3 aromatic carbocycles. The number of amides is 1. The van der Waals surface area contributed by atoms with Gasteiger partial charge in [0, 0.05) is 18.0 Å². The Morgan fingerprint density at radius 3 is 2.07 bits per heavy atom. The first-order valence-corrected chi connectivity index (χ1v) is 13.6. The molecule has 1 saturated heterocycles. The van der Waals surface area contributed by atoms with Gasteiger partial charge in [-0.25, -0.2) is 9.59 Å². The molecule has 1 fully saturated rings. The van der Waals surface area contributed by atoms with Gasteiger partial charge >= 0.3 is 19.2 Å². The molecule has 1 amide bonds. The van der Waals surface area contributed by atoms with Crippen LogP contribution in [0.3, 0.4) is 0 Å². The molecule has 2 aliphatic rings. The molecule has 1 aliphatic heterocycles. The topological polar surface area (TPSA) is 103 Å². The summed E-state index contributed by atoms with van der Waals surface area (Å²) < 4.78 is 23.7. The first-order chi connectivity index (χ1) is 19.5. The maximum absolute atomic E-state index is 13.0. The Bertz CT molecular complexity index is 1450. The average Bonchev–Trinajstić information content (AvgIpc) is 3.38. The van der Waals surface area contributed by atoms with Crippen molar-refractivity contribution in [3.8, 4) is 16.9 Å². The molecule has 0 bridgehead atoms. The lowest BCUT2D eigenvalue weighted by molar-refractivity contribution is 0.00578. The van der Waals surface area contributed by atoms with Crippen LogP contribution >= 0.6 is 0 Å². The Kier molecular flexibility index (Phi) is 7.68. The predicted octanol–water partition coefficient (Wildman–Crippen LogP) is 5.95. The highest BCUT2D eigenvalue weighted by Gasteiger charge is 2.52. The number of alkyl carbamates (subject to hydrolysis) is 1. The van der Waals surface area contributed by atoms with E-state index in [2.05, 4.69) is 29.6 Å². The molecule has 0 radical (unpaired) electrons. The number of methoxy groups -OCH3 is 1. The minimum absolute atomic E-state index is 0.0269. The summed E-state index contributed by atoms with van der Waals surface area (Å²) in [6.07, 6.45) is 1.15. The van der Waals surface area contributed by atoms with Crippen LogP contribution in [0.25, 0.3) is 17.2 Å². The van der Waals surface area contributed by atoms with Crippen molar-refractivity contribution in [3.63, 3.8) is 0 Å². The molecule has 1 aliphatic carbocycles. The highest BCUT2D eigenvalue weighted by atomic mass is 16.7. The second kappa shape index (κ2) is 11.1. The molecule has 0 aromatic heterocycles. The molecule has 41 heavy (non-hydrogen) atoms. The molecule has 5 rings (SSSR count). The summed E-state index contributed by atoms with van der Waals surface area (Å²) in [6.45, 7) is 7.99. The van der Waals surface area contributed by atoms with E-state index in [0.29, 0.717) is 11.0 Å². The predicted molar refractivity (Wildman–Crippen MR) is 157 cm³/mol. The molecule has 0 unspecified atom stereocenters. The zero-order valence-electron chi connectivity index (χ0n) is 23.9. The standard InChI is InChI=1S/C32H34BNO7/c1-31(2)32(3,4)41-33(40-31)21(17-20-11-10-16-26(29(35)36)28(20)38-5)18-34-30(37)39-19-27-24-14-8-6-12-22(24)23-13-7-9-15-25(23)27/h6-17,27H,18-19H2,1-5H3,(H,34,37)(H,35,36). The second-order valence-corrected chi connectivity index (χ2v) is 11.2. The molecule has 2 N–H and O–H groups in total. The van der Waals surface area contributed by atoms with Crippen LogP contribution in [0.1, 0.15) is 60.7 Å². The fourth-order valence-corrected chi connectivity index (χ4v) is 5.29. The van der Waals surface area contributed by atoms with Gasteiger partial charge in [0.05, 0.1) is 18.3 Å². The van der Waals surface area contributed by atoms with Crippen molar-refractivity contribution in [1.29, 1.82) is 0 Å². The van der Waals surface area contributed by atoms with E-state index in [1.165, 1.54) is 13.2 Å². The number of ether oxygens (including phenoxy) is 2. The fourth-order valence-electron chi connectivity index (χ4n) is 5.29. The van der Waals surface area contributed by atoms with Gasteiger partial charge in [-0.3, -0.25) is 0 Å². The Labute approximate surface area is 240 Å². The number of aromatic carboxylic acids is 1. The molecular weight excluding hydrogens is 521 g/mol. The summed E-state index contributed by atoms with van der Waals surface area (Å²) in [5.74, 6) is -0.963. The van der Waals surface area contributed by atoms with E-state index in [4.69, 9.17) is 18.8 Å². The van der Waals surface area contributed by atoms with Gasteiger partial charge in [0.15, 0.2) is 0 Å². The zero-order valence-corrected chi connectivity index (χ0v) is 23.9. The maximum Gasteiger partial charge on any atom is 0.492 e. The van der Waals surface area contributed by atoms with Crippen LogP contribution in [-0.2, 0) is 14.0 Å². The van der Waals surface area contributed by atoms with E-state index >= 15 is 0 Å². The SMILES string of the molecule is COc1c(C=C(CNC(=O)OCC2c3ccccc3-c3ccccc32)B2OC(C)(C)C(C)(C)O2)cccc1C(=O)O. The number of hydrogen-bond donors (Lipinski definition) is 2. The average molecular weight is 555 g/mol. The Hall–Kier alpha value is -4.08. The molecular formula is C32H34BNO7. The van der Waals surface area contributed by atoms with E-state index in [0.717, 1.165) is 22.3 Å². The van der Waals surface area contributed by atoms with Gasteiger partial charge < -0.3 is 29.2 Å². The van der Waals surface area contributed by atoms with Crippen LogP contribution in [-0.4, -0.2) is 55.8 Å². The van der Waals surface area contributed by atoms with Crippen LogP contribution in [0.4, 0.5) is 4.79 Å². The van der Waals surface area contributed by atoms with E-state index < -0.39 is 30.4 Å². The summed E-state index contributed by atoms with van der Waals surface area (Å²) in [4.78, 5) is 24.7.